The highest BCUT2D eigenvalue weighted by molar-refractivity contribution is 8.04. The van der Waals surface area contributed by atoms with Crippen LogP contribution in [0.1, 0.15) is 12.6 Å². The number of carbonyl (C=O) groups excluding carboxylic acids is 2. The third-order valence-corrected chi connectivity index (χ3v) is 8.93. The topological polar surface area (TPSA) is 191 Å². The van der Waals surface area contributed by atoms with Gasteiger partial charge in [-0.15, -0.1) is 28.2 Å². The summed E-state index contributed by atoms with van der Waals surface area (Å²) in [5, 5.41) is 29.2. The van der Waals surface area contributed by atoms with Crippen LogP contribution in [0, 0.1) is 0 Å². The van der Waals surface area contributed by atoms with Gasteiger partial charge in [0, 0.05) is 18.2 Å². The van der Waals surface area contributed by atoms with E-state index < -0.39 is 40.0 Å². The van der Waals surface area contributed by atoms with E-state index in [1.54, 1.807) is 19.4 Å². The molecule has 4 atom stereocenters. The van der Waals surface area contributed by atoms with E-state index in [-0.39, 0.29) is 16.5 Å². The molecule has 4 rings (SSSR count). The van der Waals surface area contributed by atoms with Crippen LogP contribution in [0.5, 0.6) is 0 Å². The zero-order valence-electron chi connectivity index (χ0n) is 17.5. The highest BCUT2D eigenvalue weighted by atomic mass is 32.2. The lowest BCUT2D eigenvalue weighted by Crippen LogP contribution is -2.71. The van der Waals surface area contributed by atoms with Gasteiger partial charge in [0.2, 0.25) is 11.1 Å². The predicted octanol–water partition coefficient (Wildman–Crippen LogP) is -0.997. The Morgan fingerprint density at radius 1 is 1.48 bits per heavy atom. The number of carboxylic acid groups (broad SMARTS) is 1. The molecule has 4 heterocycles. The molecule has 4 N–H and O–H groups in total. The number of rotatable bonds is 8. The molecule has 0 spiro atoms. The lowest BCUT2D eigenvalue weighted by molar-refractivity contribution is -0.160. The molecule has 2 amide bonds. The van der Waals surface area contributed by atoms with Crippen molar-refractivity contribution in [1.29, 1.82) is 0 Å². The van der Waals surface area contributed by atoms with Crippen molar-refractivity contribution < 1.29 is 24.3 Å². The number of hydrogen-bond acceptors (Lipinski definition) is 13. The second kappa shape index (κ2) is 8.79. The van der Waals surface area contributed by atoms with E-state index in [0.717, 1.165) is 11.3 Å². The molecule has 2 aliphatic heterocycles. The van der Waals surface area contributed by atoms with E-state index in [1.165, 1.54) is 40.2 Å². The molecule has 0 aliphatic carbocycles. The number of nitrogens with two attached hydrogens (primary N) is 1. The summed E-state index contributed by atoms with van der Waals surface area (Å²) in [6.45, 7) is 1.77. The molecule has 2 fully saturated rings. The van der Waals surface area contributed by atoms with E-state index in [1.807, 2.05) is 0 Å². The molecule has 0 aromatic carbocycles. The van der Waals surface area contributed by atoms with Crippen LogP contribution in [0.15, 0.2) is 15.7 Å². The number of tetrazole rings is 1. The van der Waals surface area contributed by atoms with E-state index in [4.69, 9.17) is 10.6 Å². The second-order valence-corrected chi connectivity index (χ2v) is 10.8. The molecule has 0 bridgehead atoms. The maximum Gasteiger partial charge on any atom is 0.327 e. The lowest BCUT2D eigenvalue weighted by atomic mass is 9.95. The van der Waals surface area contributed by atoms with Crippen molar-refractivity contribution in [3.63, 3.8) is 0 Å². The number of anilines is 1. The van der Waals surface area contributed by atoms with Gasteiger partial charge in [-0.1, -0.05) is 16.9 Å². The predicted molar refractivity (Wildman–Crippen MR) is 120 cm³/mol. The second-order valence-electron chi connectivity index (χ2n) is 7.33. The minimum absolute atomic E-state index is 0.136. The van der Waals surface area contributed by atoms with Gasteiger partial charge in [-0.2, -0.15) is 0 Å². The summed E-state index contributed by atoms with van der Waals surface area (Å²) < 4.78 is 0.628. The Morgan fingerprint density at radius 2 is 2.24 bits per heavy atom. The van der Waals surface area contributed by atoms with Gasteiger partial charge in [0.15, 0.2) is 10.8 Å². The van der Waals surface area contributed by atoms with Crippen molar-refractivity contribution >= 4 is 63.5 Å². The number of amides is 2. The first-order valence-corrected chi connectivity index (χ1v) is 12.1. The number of aryl methyl sites for hydroxylation is 1. The first-order valence-electron chi connectivity index (χ1n) is 9.37. The summed E-state index contributed by atoms with van der Waals surface area (Å²) >= 11 is 3.73. The maximum atomic E-state index is 12.9. The minimum Gasteiger partial charge on any atom is -0.480 e. The number of oxime groups is 1. The van der Waals surface area contributed by atoms with Crippen LogP contribution in [-0.4, -0.2) is 93.8 Å². The zero-order chi connectivity index (χ0) is 23.9. The smallest absolute Gasteiger partial charge is 0.327 e. The van der Waals surface area contributed by atoms with Crippen molar-refractivity contribution in [2.75, 3.05) is 18.6 Å². The van der Waals surface area contributed by atoms with Gasteiger partial charge in [0.25, 0.3) is 5.91 Å². The van der Waals surface area contributed by atoms with Crippen LogP contribution < -0.4 is 11.1 Å². The maximum absolute atomic E-state index is 12.9. The molecule has 17 heteroatoms. The number of nitrogens with one attached hydrogen (secondary N) is 1. The Bertz CT molecular complexity index is 1140. The molecule has 14 nitrogen and oxygen atoms in total. The highest BCUT2D eigenvalue weighted by Crippen LogP contribution is 2.52. The van der Waals surface area contributed by atoms with Gasteiger partial charge in [0.05, 0.1) is 4.75 Å². The number of hydrogen-bond donors (Lipinski definition) is 3. The van der Waals surface area contributed by atoms with Gasteiger partial charge in [-0.25, -0.2) is 14.5 Å². The van der Waals surface area contributed by atoms with Crippen LogP contribution >= 0.6 is 34.9 Å². The van der Waals surface area contributed by atoms with E-state index >= 15 is 0 Å². The van der Waals surface area contributed by atoms with Gasteiger partial charge in [-0.05, 0) is 17.4 Å². The summed E-state index contributed by atoms with van der Waals surface area (Å²) in [5.74, 6) is -1.96. The zero-order valence-corrected chi connectivity index (χ0v) is 20.0. The number of aliphatic carboxylic acids is 1. The van der Waals surface area contributed by atoms with Crippen LogP contribution in [0.4, 0.5) is 5.13 Å². The van der Waals surface area contributed by atoms with Crippen molar-refractivity contribution in [2.45, 2.75) is 34.3 Å². The highest BCUT2D eigenvalue weighted by Gasteiger charge is 2.65. The molecule has 2 aromatic rings. The van der Waals surface area contributed by atoms with Crippen molar-refractivity contribution in [2.24, 2.45) is 12.2 Å². The van der Waals surface area contributed by atoms with Crippen LogP contribution in [0.25, 0.3) is 0 Å². The molecule has 0 radical (unpaired) electrons. The fraction of sp³-hybridized carbons (Fsp3) is 0.500. The molecule has 2 aromatic heterocycles. The molecule has 2 aliphatic rings. The average Bonchev–Trinajstić information content (AvgIpc) is 3.45. The van der Waals surface area contributed by atoms with Crippen molar-refractivity contribution in [3.05, 3.63) is 11.1 Å². The summed E-state index contributed by atoms with van der Waals surface area (Å²) in [5.41, 5.74) is 5.71. The fourth-order valence-electron chi connectivity index (χ4n) is 3.60. The van der Waals surface area contributed by atoms with Gasteiger partial charge in [0.1, 0.15) is 30.3 Å². The fourth-order valence-corrected chi connectivity index (χ4v) is 7.04. The summed E-state index contributed by atoms with van der Waals surface area (Å²) in [6, 6.07) is -2.00. The lowest BCUT2D eigenvalue weighted by Gasteiger charge is -2.43. The van der Waals surface area contributed by atoms with Gasteiger partial charge < -0.3 is 25.9 Å². The number of thiazole rings is 1. The number of nitrogens with zero attached hydrogens (tertiary/aromatic N) is 7. The molecule has 176 valence electrons. The number of nitrogen functional groups attached to an aromatic ring is 1. The van der Waals surface area contributed by atoms with E-state index in [2.05, 4.69) is 31.0 Å². The monoisotopic (exact) mass is 513 g/mol. The molecular formula is C16H19N9O5S3. The molecule has 0 unspecified atom stereocenters. The van der Waals surface area contributed by atoms with Crippen molar-refractivity contribution in [3.8, 4) is 0 Å². The standard InChI is InChI=1S/C16H19N9O5S3/c1-16(5-32-15-20-22-23-24(15)2)9(13(28)29)25-11(27)8(12(25)33-16)19-10(26)7(21-30-3)6-4-31-14(17)18-6/h4,8-9,12H,5H2,1-3H3,(H2,17,18)(H,19,26)(H,28,29)/b21-7-/t8-,9+,12-,16-/m1/s1. The summed E-state index contributed by atoms with van der Waals surface area (Å²) in [4.78, 5) is 47.9. The normalized spacial score (nSPS) is 26.6. The summed E-state index contributed by atoms with van der Waals surface area (Å²) in [7, 11) is 2.96. The number of fused-ring (bicyclic) bond motifs is 1. The Hall–Kier alpha value is -2.92. The molecule has 2 saturated heterocycles. The number of carbonyl (C=O) groups is 3. The molecular weight excluding hydrogens is 494 g/mol. The Morgan fingerprint density at radius 3 is 2.82 bits per heavy atom. The van der Waals surface area contributed by atoms with E-state index in [9.17, 15) is 19.5 Å². The third-order valence-electron chi connectivity index (χ3n) is 5.08. The number of β-lactam (4-membered cyclic amide) rings is 1. The Kier molecular flexibility index (Phi) is 6.19. The van der Waals surface area contributed by atoms with Crippen molar-refractivity contribution in [1.82, 2.24) is 35.4 Å². The number of carboxylic acids is 1. The van der Waals surface area contributed by atoms with Gasteiger partial charge in [-0.3, -0.25) is 9.59 Å². The van der Waals surface area contributed by atoms with Crippen LogP contribution in [0.2, 0.25) is 0 Å². The summed E-state index contributed by atoms with van der Waals surface area (Å²) in [6.07, 6.45) is 0. The minimum atomic E-state index is -1.12. The third kappa shape index (κ3) is 4.10. The first kappa shape index (κ1) is 23.2. The quantitative estimate of drug-likeness (QED) is 0.169. The Balaban J connectivity index is 1.51. The van der Waals surface area contributed by atoms with Crippen LogP contribution in [0.3, 0.4) is 0 Å². The van der Waals surface area contributed by atoms with Crippen LogP contribution in [-0.2, 0) is 26.3 Å². The Labute approximate surface area is 199 Å². The number of thioether (sulfide) groups is 2. The van der Waals surface area contributed by atoms with E-state index in [0.29, 0.717) is 10.9 Å². The SMILES string of the molecule is CO/N=C(\C(=O)N[C@@H]1C(=O)N2[C@@H]1S[C@](C)(CSc1nnnn1C)[C@@H]2C(=O)O)c1csc(N)n1. The number of aromatic nitrogens is 5. The van der Waals surface area contributed by atoms with Gasteiger partial charge >= 0.3 is 5.97 Å². The molecule has 0 saturated carbocycles. The average molecular weight is 514 g/mol. The first-order chi connectivity index (χ1) is 15.7. The molecule has 33 heavy (non-hydrogen) atoms. The largest absolute Gasteiger partial charge is 0.480 e.